The minimum atomic E-state index is -0.296. The maximum absolute atomic E-state index is 11.5. The van der Waals surface area contributed by atoms with E-state index in [2.05, 4.69) is 10.1 Å². The Bertz CT molecular complexity index is 1090. The van der Waals surface area contributed by atoms with Gasteiger partial charge in [0.1, 0.15) is 11.5 Å². The lowest BCUT2D eigenvalue weighted by atomic mass is 10.1. The first-order chi connectivity index (χ1) is 13.9. The molecule has 0 radical (unpaired) electrons. The lowest BCUT2D eigenvalue weighted by molar-refractivity contribution is 0.363. The van der Waals surface area contributed by atoms with Crippen molar-refractivity contribution in [3.05, 3.63) is 75.3 Å². The molecule has 0 aliphatic carbocycles. The lowest BCUT2D eigenvalue weighted by Gasteiger charge is -2.29. The van der Waals surface area contributed by atoms with Crippen LogP contribution >= 0.6 is 11.6 Å². The second-order valence-corrected chi connectivity index (χ2v) is 6.82. The van der Waals surface area contributed by atoms with Gasteiger partial charge in [0.15, 0.2) is 11.7 Å². The molecule has 2 aromatic heterocycles. The minimum Gasteiger partial charge on any atom is -0.356 e. The fourth-order valence-electron chi connectivity index (χ4n) is 2.80. The lowest BCUT2D eigenvalue weighted by Crippen LogP contribution is -2.44. The molecule has 3 N–H and O–H groups in total. The van der Waals surface area contributed by atoms with E-state index in [1.165, 1.54) is 17.2 Å². The van der Waals surface area contributed by atoms with Gasteiger partial charge in [0.05, 0.1) is 6.54 Å². The highest BCUT2D eigenvalue weighted by Gasteiger charge is 2.19. The SMILES string of the molecule is CCN(Cc1cc(-c2cccc(Cl)c2)on1)C(=N)N(C)C(=N)c1cc[nH]c(=O)c1. The molecule has 0 aliphatic rings. The van der Waals surface area contributed by atoms with Crippen molar-refractivity contribution in [3.63, 3.8) is 0 Å². The van der Waals surface area contributed by atoms with Gasteiger partial charge < -0.3 is 19.3 Å². The van der Waals surface area contributed by atoms with Crippen LogP contribution in [-0.2, 0) is 6.54 Å². The Kier molecular flexibility index (Phi) is 6.13. The molecule has 0 spiro atoms. The van der Waals surface area contributed by atoms with E-state index in [-0.39, 0.29) is 17.4 Å². The maximum atomic E-state index is 11.5. The Morgan fingerprint density at radius 3 is 2.72 bits per heavy atom. The van der Waals surface area contributed by atoms with E-state index in [0.717, 1.165) is 5.56 Å². The zero-order valence-corrected chi connectivity index (χ0v) is 16.8. The average molecular weight is 413 g/mol. The van der Waals surface area contributed by atoms with Crippen molar-refractivity contribution < 1.29 is 4.52 Å². The maximum Gasteiger partial charge on any atom is 0.248 e. The molecule has 0 unspecified atom stereocenters. The monoisotopic (exact) mass is 412 g/mol. The second kappa shape index (κ2) is 8.74. The quantitative estimate of drug-likeness (QED) is 0.439. The van der Waals surface area contributed by atoms with E-state index in [9.17, 15) is 4.79 Å². The summed E-state index contributed by atoms with van der Waals surface area (Å²) in [6.45, 7) is 2.79. The van der Waals surface area contributed by atoms with Crippen molar-refractivity contribution in [1.82, 2.24) is 19.9 Å². The number of hydrogen-bond donors (Lipinski definition) is 3. The van der Waals surface area contributed by atoms with Crippen molar-refractivity contribution in [1.29, 1.82) is 10.8 Å². The van der Waals surface area contributed by atoms with Gasteiger partial charge in [0, 0.05) is 48.1 Å². The number of nitrogens with one attached hydrogen (secondary N) is 3. The van der Waals surface area contributed by atoms with Gasteiger partial charge in [0.2, 0.25) is 5.56 Å². The Hall–Kier alpha value is -3.39. The number of H-pyrrole nitrogens is 1. The summed E-state index contributed by atoms with van der Waals surface area (Å²) in [6.07, 6.45) is 1.48. The molecule has 0 atom stereocenters. The van der Waals surface area contributed by atoms with Crippen molar-refractivity contribution in [2.24, 2.45) is 0 Å². The van der Waals surface area contributed by atoms with Gasteiger partial charge >= 0.3 is 0 Å². The summed E-state index contributed by atoms with van der Waals surface area (Å²) in [5, 5.41) is 21.5. The van der Waals surface area contributed by atoms with Crippen LogP contribution in [0.1, 0.15) is 18.2 Å². The number of nitrogens with zero attached hydrogens (tertiary/aromatic N) is 3. The number of halogens is 1. The molecule has 1 aromatic carbocycles. The molecular weight excluding hydrogens is 392 g/mol. The standard InChI is InChI=1S/C20H21ClN6O2/c1-3-27(20(23)26(2)19(22)14-7-8-24-18(28)10-14)12-16-11-17(29-25-16)13-5-4-6-15(21)9-13/h4-11,22-23H,3,12H2,1-2H3,(H,24,28). The van der Waals surface area contributed by atoms with Gasteiger partial charge in [-0.3, -0.25) is 15.6 Å². The van der Waals surface area contributed by atoms with Gasteiger partial charge in [-0.25, -0.2) is 0 Å². The van der Waals surface area contributed by atoms with Crippen LogP contribution in [0.5, 0.6) is 0 Å². The summed E-state index contributed by atoms with van der Waals surface area (Å²) in [7, 11) is 1.62. The van der Waals surface area contributed by atoms with Crippen LogP contribution in [0, 0.1) is 10.8 Å². The molecule has 9 heteroatoms. The summed E-state index contributed by atoms with van der Waals surface area (Å²) in [6, 6.07) is 12.1. The molecule has 0 fully saturated rings. The predicted octanol–water partition coefficient (Wildman–Crippen LogP) is 3.40. The molecule has 0 aliphatic heterocycles. The average Bonchev–Trinajstić information content (AvgIpc) is 3.19. The zero-order chi connectivity index (χ0) is 21.0. The second-order valence-electron chi connectivity index (χ2n) is 6.38. The Morgan fingerprint density at radius 2 is 2.03 bits per heavy atom. The molecular formula is C20H21ClN6O2. The van der Waals surface area contributed by atoms with E-state index >= 15 is 0 Å². The van der Waals surface area contributed by atoms with Gasteiger partial charge in [-0.15, -0.1) is 0 Å². The first-order valence-electron chi connectivity index (χ1n) is 8.95. The number of aromatic amines is 1. The highest BCUT2D eigenvalue weighted by Crippen LogP contribution is 2.24. The third-order valence-corrected chi connectivity index (χ3v) is 4.64. The summed E-state index contributed by atoms with van der Waals surface area (Å²) in [5.74, 6) is 0.763. The fraction of sp³-hybridized carbons (Fsp3) is 0.200. The number of rotatable bonds is 5. The highest BCUT2D eigenvalue weighted by atomic mass is 35.5. The largest absolute Gasteiger partial charge is 0.356 e. The highest BCUT2D eigenvalue weighted by molar-refractivity contribution is 6.30. The number of amidine groups is 1. The fourth-order valence-corrected chi connectivity index (χ4v) is 2.99. The van der Waals surface area contributed by atoms with Crippen LogP contribution in [0.3, 0.4) is 0 Å². The molecule has 0 saturated heterocycles. The molecule has 0 amide bonds. The van der Waals surface area contributed by atoms with Gasteiger partial charge in [0.25, 0.3) is 0 Å². The summed E-state index contributed by atoms with van der Waals surface area (Å²) < 4.78 is 5.42. The third kappa shape index (κ3) is 4.72. The Balaban J connectivity index is 1.73. The first kappa shape index (κ1) is 20.3. The van der Waals surface area contributed by atoms with Crippen molar-refractivity contribution >= 4 is 23.4 Å². The summed E-state index contributed by atoms with van der Waals surface area (Å²) in [5.41, 5.74) is 1.61. The van der Waals surface area contributed by atoms with Gasteiger partial charge in [-0.2, -0.15) is 0 Å². The Labute approximate surface area is 172 Å². The van der Waals surface area contributed by atoms with E-state index in [1.807, 2.05) is 25.1 Å². The molecule has 0 bridgehead atoms. The minimum absolute atomic E-state index is 0.0549. The van der Waals surface area contributed by atoms with Crippen LogP contribution in [0.2, 0.25) is 5.02 Å². The topological polar surface area (TPSA) is 113 Å². The predicted molar refractivity (Wildman–Crippen MR) is 112 cm³/mol. The third-order valence-electron chi connectivity index (χ3n) is 4.40. The van der Waals surface area contributed by atoms with E-state index < -0.39 is 0 Å². The van der Waals surface area contributed by atoms with E-state index in [1.54, 1.807) is 30.1 Å². The van der Waals surface area contributed by atoms with E-state index in [0.29, 0.717) is 35.1 Å². The van der Waals surface area contributed by atoms with Crippen molar-refractivity contribution in [2.45, 2.75) is 13.5 Å². The number of guanidine groups is 1. The molecule has 0 saturated carbocycles. The van der Waals surface area contributed by atoms with Crippen LogP contribution < -0.4 is 5.56 Å². The Morgan fingerprint density at radius 1 is 1.24 bits per heavy atom. The summed E-state index contributed by atoms with van der Waals surface area (Å²) in [4.78, 5) is 17.2. The molecule has 3 rings (SSSR count). The van der Waals surface area contributed by atoms with Gasteiger partial charge in [-0.05, 0) is 25.1 Å². The number of benzene rings is 1. The zero-order valence-electron chi connectivity index (χ0n) is 16.1. The number of aromatic nitrogens is 2. The molecule has 8 nitrogen and oxygen atoms in total. The number of hydrogen-bond acceptors (Lipinski definition) is 5. The number of pyridine rings is 1. The smallest absolute Gasteiger partial charge is 0.248 e. The van der Waals surface area contributed by atoms with Crippen LogP contribution in [0.4, 0.5) is 0 Å². The summed E-state index contributed by atoms with van der Waals surface area (Å²) >= 11 is 6.03. The van der Waals surface area contributed by atoms with Crippen LogP contribution in [-0.4, -0.2) is 45.3 Å². The molecule has 2 heterocycles. The van der Waals surface area contributed by atoms with Crippen LogP contribution in [0.15, 0.2) is 58.0 Å². The molecule has 3 aromatic rings. The van der Waals surface area contributed by atoms with Gasteiger partial charge in [-0.1, -0.05) is 28.9 Å². The van der Waals surface area contributed by atoms with Crippen molar-refractivity contribution in [3.8, 4) is 11.3 Å². The van der Waals surface area contributed by atoms with Crippen molar-refractivity contribution in [2.75, 3.05) is 13.6 Å². The normalized spacial score (nSPS) is 10.6. The first-order valence-corrected chi connectivity index (χ1v) is 9.33. The van der Waals surface area contributed by atoms with Crippen LogP contribution in [0.25, 0.3) is 11.3 Å². The molecule has 29 heavy (non-hydrogen) atoms. The molecule has 150 valence electrons. The van der Waals surface area contributed by atoms with E-state index in [4.69, 9.17) is 26.9 Å².